The first-order chi connectivity index (χ1) is 8.61. The number of aromatic nitrogens is 1. The van der Waals surface area contributed by atoms with Crippen molar-refractivity contribution in [1.29, 1.82) is 0 Å². The Kier molecular flexibility index (Phi) is 4.38. The molecule has 1 N–H and O–H groups in total. The quantitative estimate of drug-likeness (QED) is 0.927. The van der Waals surface area contributed by atoms with E-state index in [2.05, 4.69) is 33.2 Å². The van der Waals surface area contributed by atoms with Crippen LogP contribution in [0.2, 0.25) is 0 Å². The fourth-order valence-electron chi connectivity index (χ4n) is 2.51. The number of rotatable bonds is 3. The molecule has 0 saturated heterocycles. The molecule has 1 aromatic rings. The van der Waals surface area contributed by atoms with Gasteiger partial charge in [0, 0.05) is 17.2 Å². The molecule has 0 aliphatic heterocycles. The first-order valence-electron chi connectivity index (χ1n) is 6.49. The first-order valence-corrected chi connectivity index (χ1v) is 7.29. The Bertz CT molecular complexity index is 428. The van der Waals surface area contributed by atoms with Crippen molar-refractivity contribution < 1.29 is 4.79 Å². The maximum absolute atomic E-state index is 12.0. The number of amides is 1. The van der Waals surface area contributed by atoms with E-state index in [0.29, 0.717) is 5.69 Å². The number of halogens is 1. The van der Waals surface area contributed by atoms with Crippen molar-refractivity contribution in [3.05, 3.63) is 28.5 Å². The van der Waals surface area contributed by atoms with E-state index >= 15 is 0 Å². The molecule has 98 valence electrons. The lowest BCUT2D eigenvalue weighted by atomic mass is 9.76. The maximum atomic E-state index is 12.0. The lowest BCUT2D eigenvalue weighted by Crippen LogP contribution is -2.37. The van der Waals surface area contributed by atoms with Gasteiger partial charge in [-0.1, -0.05) is 26.2 Å². The first kappa shape index (κ1) is 13.5. The molecule has 3 nitrogen and oxygen atoms in total. The molecule has 1 amide bonds. The van der Waals surface area contributed by atoms with Gasteiger partial charge in [0.25, 0.3) is 5.91 Å². The summed E-state index contributed by atoms with van der Waals surface area (Å²) >= 11 is 3.35. The minimum absolute atomic E-state index is 0.0886. The molecule has 1 fully saturated rings. The molecule has 0 aromatic carbocycles. The Balaban J connectivity index is 1.94. The van der Waals surface area contributed by atoms with Crippen LogP contribution in [0.1, 0.15) is 49.5 Å². The summed E-state index contributed by atoms with van der Waals surface area (Å²) < 4.78 is 0.747. The van der Waals surface area contributed by atoms with Crippen LogP contribution in [0.15, 0.2) is 22.8 Å². The van der Waals surface area contributed by atoms with Crippen LogP contribution in [0.5, 0.6) is 0 Å². The Labute approximate surface area is 117 Å². The second-order valence-corrected chi connectivity index (χ2v) is 6.24. The van der Waals surface area contributed by atoms with Crippen LogP contribution in [0.25, 0.3) is 0 Å². The highest BCUT2D eigenvalue weighted by Crippen LogP contribution is 2.34. The second-order valence-electron chi connectivity index (χ2n) is 5.39. The number of carbonyl (C=O) groups is 1. The summed E-state index contributed by atoms with van der Waals surface area (Å²) in [5, 5.41) is 3.02. The summed E-state index contributed by atoms with van der Waals surface area (Å²) in [7, 11) is 0. The van der Waals surface area contributed by atoms with Gasteiger partial charge in [-0.2, -0.15) is 0 Å². The Morgan fingerprint density at radius 1 is 1.44 bits per heavy atom. The SMILES string of the molecule is CC1(CNC(=O)c2ncccc2Br)CCCCC1. The second kappa shape index (κ2) is 5.83. The molecular weight excluding hydrogens is 292 g/mol. The molecule has 1 aliphatic rings. The van der Waals surface area contributed by atoms with Gasteiger partial charge >= 0.3 is 0 Å². The minimum atomic E-state index is -0.0886. The summed E-state index contributed by atoms with van der Waals surface area (Å²) in [4.78, 5) is 16.2. The van der Waals surface area contributed by atoms with E-state index < -0.39 is 0 Å². The molecule has 1 aromatic heterocycles. The maximum Gasteiger partial charge on any atom is 0.271 e. The summed E-state index contributed by atoms with van der Waals surface area (Å²) in [6.45, 7) is 3.01. The highest BCUT2D eigenvalue weighted by molar-refractivity contribution is 9.10. The molecular formula is C14H19BrN2O. The van der Waals surface area contributed by atoms with Crippen molar-refractivity contribution in [3.63, 3.8) is 0 Å². The van der Waals surface area contributed by atoms with Crippen LogP contribution in [0.4, 0.5) is 0 Å². The average molecular weight is 311 g/mol. The third-order valence-corrected chi connectivity index (χ3v) is 4.35. The fourth-order valence-corrected chi connectivity index (χ4v) is 2.95. The van der Waals surface area contributed by atoms with Gasteiger partial charge in [-0.3, -0.25) is 4.79 Å². The van der Waals surface area contributed by atoms with Crippen molar-refractivity contribution >= 4 is 21.8 Å². The van der Waals surface area contributed by atoms with Gasteiger partial charge in [0.1, 0.15) is 5.69 Å². The number of nitrogens with zero attached hydrogens (tertiary/aromatic N) is 1. The molecule has 1 heterocycles. The van der Waals surface area contributed by atoms with E-state index in [0.717, 1.165) is 11.0 Å². The van der Waals surface area contributed by atoms with E-state index in [1.165, 1.54) is 32.1 Å². The van der Waals surface area contributed by atoms with Crippen LogP contribution in [0, 0.1) is 5.41 Å². The lowest BCUT2D eigenvalue weighted by molar-refractivity contribution is 0.0913. The average Bonchev–Trinajstić information content (AvgIpc) is 2.38. The van der Waals surface area contributed by atoms with E-state index in [1.54, 1.807) is 6.20 Å². The topological polar surface area (TPSA) is 42.0 Å². The van der Waals surface area contributed by atoms with E-state index in [9.17, 15) is 4.79 Å². The monoisotopic (exact) mass is 310 g/mol. The van der Waals surface area contributed by atoms with Gasteiger partial charge in [-0.05, 0) is 46.3 Å². The van der Waals surface area contributed by atoms with Crippen molar-refractivity contribution in [2.45, 2.75) is 39.0 Å². The summed E-state index contributed by atoms with van der Waals surface area (Å²) in [5.41, 5.74) is 0.728. The van der Waals surface area contributed by atoms with Gasteiger partial charge in [0.2, 0.25) is 0 Å². The third-order valence-electron chi connectivity index (χ3n) is 3.71. The van der Waals surface area contributed by atoms with Crippen LogP contribution in [0.3, 0.4) is 0 Å². The van der Waals surface area contributed by atoms with Gasteiger partial charge in [0.15, 0.2) is 0 Å². The van der Waals surface area contributed by atoms with Crippen LogP contribution in [-0.2, 0) is 0 Å². The Morgan fingerprint density at radius 2 is 2.17 bits per heavy atom. The van der Waals surface area contributed by atoms with Crippen molar-refractivity contribution in [3.8, 4) is 0 Å². The molecule has 2 rings (SSSR count). The summed E-state index contributed by atoms with van der Waals surface area (Å²) in [6, 6.07) is 3.65. The zero-order valence-corrected chi connectivity index (χ0v) is 12.3. The lowest BCUT2D eigenvalue weighted by Gasteiger charge is -2.33. The molecule has 0 atom stereocenters. The van der Waals surface area contributed by atoms with Gasteiger partial charge < -0.3 is 5.32 Å². The third kappa shape index (κ3) is 3.31. The highest BCUT2D eigenvalue weighted by atomic mass is 79.9. The predicted molar refractivity (Wildman–Crippen MR) is 75.5 cm³/mol. The van der Waals surface area contributed by atoms with Crippen LogP contribution >= 0.6 is 15.9 Å². The minimum Gasteiger partial charge on any atom is -0.350 e. The number of nitrogens with one attached hydrogen (secondary N) is 1. The Hall–Kier alpha value is -0.900. The van der Waals surface area contributed by atoms with E-state index in [-0.39, 0.29) is 11.3 Å². The van der Waals surface area contributed by atoms with Gasteiger partial charge in [0.05, 0.1) is 0 Å². The summed E-state index contributed by atoms with van der Waals surface area (Å²) in [6.07, 6.45) is 7.93. The van der Waals surface area contributed by atoms with E-state index in [4.69, 9.17) is 0 Å². The molecule has 0 spiro atoms. The highest BCUT2D eigenvalue weighted by Gasteiger charge is 2.27. The van der Waals surface area contributed by atoms with Crippen molar-refractivity contribution in [2.75, 3.05) is 6.54 Å². The Morgan fingerprint density at radius 3 is 2.83 bits per heavy atom. The van der Waals surface area contributed by atoms with Crippen molar-refractivity contribution in [1.82, 2.24) is 10.3 Å². The van der Waals surface area contributed by atoms with E-state index in [1.807, 2.05) is 12.1 Å². The molecule has 0 bridgehead atoms. The molecule has 1 saturated carbocycles. The zero-order chi connectivity index (χ0) is 13.0. The number of pyridine rings is 1. The summed E-state index contributed by atoms with van der Waals surface area (Å²) in [5.74, 6) is -0.0886. The zero-order valence-electron chi connectivity index (χ0n) is 10.7. The number of hydrogen-bond donors (Lipinski definition) is 1. The van der Waals surface area contributed by atoms with Crippen molar-refractivity contribution in [2.24, 2.45) is 5.41 Å². The largest absolute Gasteiger partial charge is 0.350 e. The van der Waals surface area contributed by atoms with Gasteiger partial charge in [-0.15, -0.1) is 0 Å². The molecule has 0 unspecified atom stereocenters. The van der Waals surface area contributed by atoms with Crippen LogP contribution < -0.4 is 5.32 Å². The molecule has 1 aliphatic carbocycles. The smallest absolute Gasteiger partial charge is 0.271 e. The fraction of sp³-hybridized carbons (Fsp3) is 0.571. The number of hydrogen-bond acceptors (Lipinski definition) is 2. The molecule has 18 heavy (non-hydrogen) atoms. The molecule has 0 radical (unpaired) electrons. The van der Waals surface area contributed by atoms with Crippen LogP contribution in [-0.4, -0.2) is 17.4 Å². The van der Waals surface area contributed by atoms with Gasteiger partial charge in [-0.25, -0.2) is 4.98 Å². The predicted octanol–water partition coefficient (Wildman–Crippen LogP) is 3.54. The molecule has 4 heteroatoms. The standard InChI is InChI=1S/C14H19BrN2O/c1-14(7-3-2-4-8-14)10-17-13(18)12-11(15)6-5-9-16-12/h5-6,9H,2-4,7-8,10H2,1H3,(H,17,18). The number of carbonyl (C=O) groups excluding carboxylic acids is 1. The normalized spacial score (nSPS) is 18.3.